The smallest absolute Gasteiger partial charge is 0.234 e. The van der Waals surface area contributed by atoms with Crippen molar-refractivity contribution in [3.05, 3.63) is 35.3 Å². The van der Waals surface area contributed by atoms with Gasteiger partial charge in [-0.2, -0.15) is 0 Å². The van der Waals surface area contributed by atoms with Crippen LogP contribution in [0.5, 0.6) is 0 Å². The number of hydrogen-bond acceptors (Lipinski definition) is 3. The number of fused-ring (bicyclic) bond motifs is 1. The summed E-state index contributed by atoms with van der Waals surface area (Å²) in [5, 5.41) is 2.75. The Morgan fingerprint density at radius 1 is 1.40 bits per heavy atom. The van der Waals surface area contributed by atoms with Crippen molar-refractivity contribution in [2.45, 2.75) is 18.8 Å². The molecule has 1 fully saturated rings. The highest BCUT2D eigenvalue weighted by Crippen LogP contribution is 2.34. The molecule has 1 N–H and O–H groups in total. The summed E-state index contributed by atoms with van der Waals surface area (Å²) in [6.07, 6.45) is 7.35. The number of furan rings is 1. The van der Waals surface area contributed by atoms with Gasteiger partial charge < -0.3 is 4.42 Å². The lowest BCUT2D eigenvalue weighted by atomic mass is 9.90. The highest BCUT2D eigenvalue weighted by Gasteiger charge is 2.30. The average Bonchev–Trinajstić information content (AvgIpc) is 2.81. The minimum Gasteiger partial charge on any atom is -0.463 e. The van der Waals surface area contributed by atoms with Gasteiger partial charge in [0.15, 0.2) is 0 Å². The minimum absolute atomic E-state index is 0.250. The predicted molar refractivity (Wildman–Crippen MR) is 69.2 cm³/mol. The summed E-state index contributed by atoms with van der Waals surface area (Å²) in [6, 6.07) is 2.50. The molecule has 2 heterocycles. The number of hydrogen-bond donors (Lipinski definition) is 1. The van der Waals surface area contributed by atoms with Gasteiger partial charge in [0.25, 0.3) is 0 Å². The van der Waals surface area contributed by atoms with Crippen LogP contribution in [0.1, 0.15) is 29.9 Å². The Morgan fingerprint density at radius 2 is 2.20 bits per heavy atom. The fourth-order valence-electron chi connectivity index (χ4n) is 2.49. The predicted octanol–water partition coefficient (Wildman–Crippen LogP) is 2.07. The van der Waals surface area contributed by atoms with Gasteiger partial charge >= 0.3 is 0 Å². The quantitative estimate of drug-likeness (QED) is 0.638. The molecule has 1 unspecified atom stereocenters. The van der Waals surface area contributed by atoms with Crippen LogP contribution in [-0.2, 0) is 9.59 Å². The molecule has 1 aliphatic rings. The number of carbonyl (C=O) groups excluding carboxylic acids is 2. The number of nitrogens with one attached hydrogen (secondary N) is 1. The molecule has 1 aromatic carbocycles. The highest BCUT2D eigenvalue weighted by atomic mass is 19.1. The first-order chi connectivity index (χ1) is 9.60. The Kier molecular flexibility index (Phi) is 2.79. The van der Waals surface area contributed by atoms with Crippen molar-refractivity contribution in [1.82, 2.24) is 5.32 Å². The standard InChI is InChI=1S/C15H10FNO3/c1-2-8-5-9(16)6-11-12(7-20-14(8)11)10-3-4-13(18)17-15(10)19/h1,5-7,10H,3-4H2,(H,17,18,19). The van der Waals surface area contributed by atoms with Gasteiger partial charge in [-0.25, -0.2) is 4.39 Å². The second-order valence-corrected chi connectivity index (χ2v) is 4.67. The van der Waals surface area contributed by atoms with Crippen molar-refractivity contribution < 1.29 is 18.4 Å². The molecule has 100 valence electrons. The normalized spacial score (nSPS) is 18.9. The molecular formula is C15H10FNO3. The van der Waals surface area contributed by atoms with E-state index in [2.05, 4.69) is 11.2 Å². The number of amides is 2. The Bertz CT molecular complexity index is 769. The lowest BCUT2D eigenvalue weighted by Crippen LogP contribution is -2.39. The second kappa shape index (κ2) is 4.49. The van der Waals surface area contributed by atoms with Gasteiger partial charge in [0.1, 0.15) is 11.4 Å². The summed E-state index contributed by atoms with van der Waals surface area (Å²) in [5.74, 6) is 0.655. The molecule has 0 spiro atoms. The van der Waals surface area contributed by atoms with Crippen molar-refractivity contribution in [3.63, 3.8) is 0 Å². The number of benzene rings is 1. The summed E-state index contributed by atoms with van der Waals surface area (Å²) in [7, 11) is 0. The zero-order valence-electron chi connectivity index (χ0n) is 10.4. The fourth-order valence-corrected chi connectivity index (χ4v) is 2.49. The molecule has 1 atom stereocenters. The van der Waals surface area contributed by atoms with Crippen LogP contribution in [0.3, 0.4) is 0 Å². The van der Waals surface area contributed by atoms with Gasteiger partial charge in [-0.1, -0.05) is 5.92 Å². The van der Waals surface area contributed by atoms with E-state index in [0.29, 0.717) is 28.5 Å². The summed E-state index contributed by atoms with van der Waals surface area (Å²) >= 11 is 0. The van der Waals surface area contributed by atoms with E-state index in [4.69, 9.17) is 10.8 Å². The number of halogens is 1. The third kappa shape index (κ3) is 1.86. The number of rotatable bonds is 1. The van der Waals surface area contributed by atoms with Gasteiger partial charge in [0.05, 0.1) is 17.7 Å². The van der Waals surface area contributed by atoms with Gasteiger partial charge in [-0.05, 0) is 18.6 Å². The van der Waals surface area contributed by atoms with Crippen LogP contribution in [0.15, 0.2) is 22.8 Å². The first-order valence-electron chi connectivity index (χ1n) is 6.11. The summed E-state index contributed by atoms with van der Waals surface area (Å²) in [6.45, 7) is 0. The molecular weight excluding hydrogens is 261 g/mol. The zero-order valence-corrected chi connectivity index (χ0v) is 10.4. The topological polar surface area (TPSA) is 59.3 Å². The summed E-state index contributed by atoms with van der Waals surface area (Å²) in [5.41, 5.74) is 1.24. The zero-order chi connectivity index (χ0) is 14.3. The SMILES string of the molecule is C#Cc1cc(F)cc2c(C3CCC(=O)NC3=O)coc12. The summed E-state index contributed by atoms with van der Waals surface area (Å²) in [4.78, 5) is 23.0. The monoisotopic (exact) mass is 271 g/mol. The largest absolute Gasteiger partial charge is 0.463 e. The van der Waals surface area contributed by atoms with E-state index in [-0.39, 0.29) is 12.3 Å². The molecule has 5 heteroatoms. The van der Waals surface area contributed by atoms with Crippen LogP contribution in [0, 0.1) is 18.2 Å². The molecule has 3 rings (SSSR count). The van der Waals surface area contributed by atoms with Crippen molar-refractivity contribution in [3.8, 4) is 12.3 Å². The van der Waals surface area contributed by atoms with E-state index in [1.807, 2.05) is 0 Å². The van der Waals surface area contributed by atoms with Crippen LogP contribution >= 0.6 is 0 Å². The third-order valence-corrected chi connectivity index (χ3v) is 3.44. The Hall–Kier alpha value is -2.61. The maximum atomic E-state index is 13.6. The average molecular weight is 271 g/mol. The number of piperidine rings is 1. The molecule has 0 saturated carbocycles. The first-order valence-corrected chi connectivity index (χ1v) is 6.11. The maximum absolute atomic E-state index is 13.6. The van der Waals surface area contributed by atoms with E-state index in [0.717, 1.165) is 0 Å². The molecule has 20 heavy (non-hydrogen) atoms. The minimum atomic E-state index is -0.527. The Labute approximate surface area is 113 Å². The molecule has 1 aromatic heterocycles. The van der Waals surface area contributed by atoms with Crippen molar-refractivity contribution in [2.24, 2.45) is 0 Å². The lowest BCUT2D eigenvalue weighted by molar-refractivity contribution is -0.134. The summed E-state index contributed by atoms with van der Waals surface area (Å²) < 4.78 is 19.0. The van der Waals surface area contributed by atoms with Crippen LogP contribution in [0.25, 0.3) is 11.0 Å². The number of terminal acetylenes is 1. The molecule has 0 radical (unpaired) electrons. The van der Waals surface area contributed by atoms with Gasteiger partial charge in [-0.15, -0.1) is 6.42 Å². The van der Waals surface area contributed by atoms with Gasteiger partial charge in [-0.3, -0.25) is 14.9 Å². The molecule has 4 nitrogen and oxygen atoms in total. The van der Waals surface area contributed by atoms with E-state index in [1.165, 1.54) is 18.4 Å². The van der Waals surface area contributed by atoms with Gasteiger partial charge in [0, 0.05) is 17.4 Å². The maximum Gasteiger partial charge on any atom is 0.234 e. The van der Waals surface area contributed by atoms with Crippen LogP contribution in [0.4, 0.5) is 4.39 Å². The third-order valence-electron chi connectivity index (χ3n) is 3.44. The van der Waals surface area contributed by atoms with E-state index in [1.54, 1.807) is 0 Å². The van der Waals surface area contributed by atoms with Crippen molar-refractivity contribution in [2.75, 3.05) is 0 Å². The lowest BCUT2D eigenvalue weighted by Gasteiger charge is -2.19. The first kappa shape index (κ1) is 12.4. The fraction of sp³-hybridized carbons (Fsp3) is 0.200. The Balaban J connectivity index is 2.14. The Morgan fingerprint density at radius 3 is 2.90 bits per heavy atom. The highest BCUT2D eigenvalue weighted by molar-refractivity contribution is 6.03. The molecule has 0 bridgehead atoms. The number of imide groups is 1. The van der Waals surface area contributed by atoms with E-state index >= 15 is 0 Å². The van der Waals surface area contributed by atoms with Crippen molar-refractivity contribution in [1.29, 1.82) is 0 Å². The molecule has 2 aromatic rings. The van der Waals surface area contributed by atoms with E-state index in [9.17, 15) is 14.0 Å². The van der Waals surface area contributed by atoms with Gasteiger partial charge in [0.2, 0.25) is 11.8 Å². The van der Waals surface area contributed by atoms with Crippen LogP contribution in [-0.4, -0.2) is 11.8 Å². The van der Waals surface area contributed by atoms with Crippen molar-refractivity contribution >= 4 is 22.8 Å². The van der Waals surface area contributed by atoms with Crippen LogP contribution < -0.4 is 5.32 Å². The second-order valence-electron chi connectivity index (χ2n) is 4.67. The van der Waals surface area contributed by atoms with Crippen LogP contribution in [0.2, 0.25) is 0 Å². The number of carbonyl (C=O) groups is 2. The molecule has 0 aliphatic carbocycles. The molecule has 1 aliphatic heterocycles. The molecule has 2 amide bonds. The van der Waals surface area contributed by atoms with E-state index < -0.39 is 17.6 Å². The molecule has 1 saturated heterocycles.